The maximum absolute atomic E-state index is 12.0. The number of hydrogen-bond acceptors (Lipinski definition) is 5. The summed E-state index contributed by atoms with van der Waals surface area (Å²) in [4.78, 5) is 34.7. The van der Waals surface area contributed by atoms with Crippen LogP contribution in [0.4, 0.5) is 0 Å². The molecule has 7 nitrogen and oxygen atoms in total. The van der Waals surface area contributed by atoms with Gasteiger partial charge in [-0.15, -0.1) is 0 Å². The molecule has 1 aromatic carbocycles. The van der Waals surface area contributed by atoms with Gasteiger partial charge in [-0.3, -0.25) is 4.79 Å². The van der Waals surface area contributed by atoms with E-state index in [9.17, 15) is 14.4 Å². The maximum Gasteiger partial charge on any atom is 0.338 e. The summed E-state index contributed by atoms with van der Waals surface area (Å²) in [6, 6.07) is 1.23. The lowest BCUT2D eigenvalue weighted by Gasteiger charge is -2.23. The Hall–Kier alpha value is -2.12. The van der Waals surface area contributed by atoms with E-state index < -0.39 is 30.5 Å². The first-order valence-electron chi connectivity index (χ1n) is 6.51. The van der Waals surface area contributed by atoms with E-state index in [1.54, 1.807) is 6.92 Å². The highest BCUT2D eigenvalue weighted by atomic mass is 35.5. The number of cyclic esters (lactones) is 1. The van der Waals surface area contributed by atoms with E-state index in [2.05, 4.69) is 5.32 Å². The van der Waals surface area contributed by atoms with E-state index in [-0.39, 0.29) is 22.3 Å². The molecule has 0 spiro atoms. The van der Waals surface area contributed by atoms with Crippen molar-refractivity contribution in [1.82, 2.24) is 5.32 Å². The molecule has 2 atom stereocenters. The molecule has 0 fully saturated rings. The minimum absolute atomic E-state index is 0.0231. The number of nitrogens with one attached hydrogen (secondary N) is 1. The first-order valence-corrected chi connectivity index (χ1v) is 6.89. The molecule has 0 bridgehead atoms. The van der Waals surface area contributed by atoms with Gasteiger partial charge in [-0.1, -0.05) is 11.6 Å². The highest BCUT2D eigenvalue weighted by Gasteiger charge is 2.28. The van der Waals surface area contributed by atoms with Crippen molar-refractivity contribution >= 4 is 29.4 Å². The third-order valence-electron chi connectivity index (χ3n) is 3.26. The van der Waals surface area contributed by atoms with Crippen LogP contribution in [0.25, 0.3) is 0 Å². The fourth-order valence-corrected chi connectivity index (χ4v) is 2.46. The predicted molar refractivity (Wildman–Crippen MR) is 76.0 cm³/mol. The number of carbonyl (C=O) groups excluding carboxylic acids is 2. The summed E-state index contributed by atoms with van der Waals surface area (Å²) < 4.78 is 5.08. The number of rotatable bonds is 4. The van der Waals surface area contributed by atoms with Crippen molar-refractivity contribution in [2.75, 3.05) is 6.61 Å². The van der Waals surface area contributed by atoms with Crippen molar-refractivity contribution < 1.29 is 29.3 Å². The SMILES string of the molecule is CC1Cc2c(Cl)cc(C(=O)NC(CO)C(=O)O)cc2C(=O)O1. The van der Waals surface area contributed by atoms with Crippen LogP contribution < -0.4 is 5.32 Å². The van der Waals surface area contributed by atoms with Crippen molar-refractivity contribution in [2.24, 2.45) is 0 Å². The van der Waals surface area contributed by atoms with Crippen molar-refractivity contribution in [3.8, 4) is 0 Å². The first kappa shape index (κ1) is 16.3. The third-order valence-corrected chi connectivity index (χ3v) is 3.60. The summed E-state index contributed by atoms with van der Waals surface area (Å²) in [5.41, 5.74) is 0.806. The molecule has 0 saturated carbocycles. The number of fused-ring (bicyclic) bond motifs is 1. The summed E-state index contributed by atoms with van der Waals surface area (Å²) in [7, 11) is 0. The van der Waals surface area contributed by atoms with E-state index in [0.29, 0.717) is 12.0 Å². The Labute approximate surface area is 130 Å². The lowest BCUT2D eigenvalue weighted by molar-refractivity contribution is -0.140. The van der Waals surface area contributed by atoms with Gasteiger partial charge in [-0.2, -0.15) is 0 Å². The molecule has 1 amide bonds. The standard InChI is InChI=1S/C14H14ClNO6/c1-6-2-8-9(14(21)22-6)3-7(4-10(8)15)12(18)16-11(5-17)13(19)20/h3-4,6,11,17H,2,5H2,1H3,(H,16,18)(H,19,20). The second-order valence-corrected chi connectivity index (χ2v) is 5.36. The zero-order valence-corrected chi connectivity index (χ0v) is 12.4. The molecule has 0 saturated heterocycles. The van der Waals surface area contributed by atoms with Crippen LogP contribution in [0.3, 0.4) is 0 Å². The van der Waals surface area contributed by atoms with Gasteiger partial charge < -0.3 is 20.3 Å². The highest BCUT2D eigenvalue weighted by Crippen LogP contribution is 2.29. The van der Waals surface area contributed by atoms with Crippen molar-refractivity contribution in [3.05, 3.63) is 33.8 Å². The van der Waals surface area contributed by atoms with Gasteiger partial charge in [0, 0.05) is 17.0 Å². The van der Waals surface area contributed by atoms with Gasteiger partial charge in [-0.05, 0) is 24.6 Å². The molecule has 3 N–H and O–H groups in total. The molecule has 1 heterocycles. The number of hydrogen-bond donors (Lipinski definition) is 3. The fraction of sp³-hybridized carbons (Fsp3) is 0.357. The van der Waals surface area contributed by atoms with E-state index >= 15 is 0 Å². The molecule has 0 aromatic heterocycles. The smallest absolute Gasteiger partial charge is 0.338 e. The maximum atomic E-state index is 12.0. The van der Waals surface area contributed by atoms with Crippen molar-refractivity contribution in [3.63, 3.8) is 0 Å². The molecule has 118 valence electrons. The summed E-state index contributed by atoms with van der Waals surface area (Å²) >= 11 is 6.10. The van der Waals surface area contributed by atoms with Gasteiger partial charge >= 0.3 is 11.9 Å². The average Bonchev–Trinajstić information content (AvgIpc) is 2.44. The number of carboxylic acid groups (broad SMARTS) is 1. The molecular formula is C14H14ClNO6. The minimum Gasteiger partial charge on any atom is -0.480 e. The zero-order chi connectivity index (χ0) is 16.4. The Morgan fingerprint density at radius 3 is 2.77 bits per heavy atom. The Balaban J connectivity index is 2.32. The van der Waals surface area contributed by atoms with Crippen LogP contribution in [0.2, 0.25) is 5.02 Å². The van der Waals surface area contributed by atoms with E-state index in [1.807, 2.05) is 0 Å². The summed E-state index contributed by atoms with van der Waals surface area (Å²) in [6.07, 6.45) is 0.138. The normalized spacial score (nSPS) is 18.1. The van der Waals surface area contributed by atoms with Crippen LogP contribution >= 0.6 is 11.6 Å². The number of benzene rings is 1. The predicted octanol–water partition coefficient (Wildman–Crippen LogP) is 0.617. The molecule has 22 heavy (non-hydrogen) atoms. The third kappa shape index (κ3) is 3.20. The molecule has 0 radical (unpaired) electrons. The Kier molecular flexibility index (Phi) is 4.68. The number of carbonyl (C=O) groups is 3. The number of amides is 1. The first-order chi connectivity index (χ1) is 10.3. The van der Waals surface area contributed by atoms with Crippen LogP contribution in [0.15, 0.2) is 12.1 Å². The summed E-state index contributed by atoms with van der Waals surface area (Å²) in [6.45, 7) is 0.982. The van der Waals surface area contributed by atoms with Gasteiger partial charge in [-0.25, -0.2) is 9.59 Å². The van der Waals surface area contributed by atoms with Gasteiger partial charge in [0.1, 0.15) is 6.10 Å². The second-order valence-electron chi connectivity index (χ2n) is 4.95. The lowest BCUT2D eigenvalue weighted by Crippen LogP contribution is -2.43. The number of halogens is 1. The Morgan fingerprint density at radius 1 is 1.50 bits per heavy atom. The monoisotopic (exact) mass is 327 g/mol. The lowest BCUT2D eigenvalue weighted by atomic mass is 9.96. The largest absolute Gasteiger partial charge is 0.480 e. The molecular weight excluding hydrogens is 314 g/mol. The molecule has 1 aliphatic rings. The quantitative estimate of drug-likeness (QED) is 0.699. The number of aliphatic hydroxyl groups is 1. The van der Waals surface area contributed by atoms with Crippen LogP contribution in [0, 0.1) is 0 Å². The zero-order valence-electron chi connectivity index (χ0n) is 11.6. The van der Waals surface area contributed by atoms with Crippen LogP contribution in [-0.4, -0.2) is 46.8 Å². The van der Waals surface area contributed by atoms with Gasteiger partial charge in [0.15, 0.2) is 6.04 Å². The molecule has 2 rings (SSSR count). The minimum atomic E-state index is -1.44. The van der Waals surface area contributed by atoms with Crippen molar-refractivity contribution in [1.29, 1.82) is 0 Å². The van der Waals surface area contributed by atoms with E-state index in [4.69, 9.17) is 26.6 Å². The number of esters is 1. The summed E-state index contributed by atoms with van der Waals surface area (Å²) in [5.74, 6) is -2.70. The molecule has 0 aliphatic carbocycles. The van der Waals surface area contributed by atoms with Crippen LogP contribution in [-0.2, 0) is 16.0 Å². The highest BCUT2D eigenvalue weighted by molar-refractivity contribution is 6.32. The number of ether oxygens (including phenoxy) is 1. The topological polar surface area (TPSA) is 113 Å². The molecule has 1 aromatic rings. The summed E-state index contributed by atoms with van der Waals surface area (Å²) in [5, 5.41) is 20.1. The van der Waals surface area contributed by atoms with E-state index in [1.165, 1.54) is 12.1 Å². The van der Waals surface area contributed by atoms with Crippen LogP contribution in [0.1, 0.15) is 33.2 Å². The van der Waals surface area contributed by atoms with Crippen LogP contribution in [0.5, 0.6) is 0 Å². The fourth-order valence-electron chi connectivity index (χ4n) is 2.16. The van der Waals surface area contributed by atoms with E-state index in [0.717, 1.165) is 0 Å². The number of aliphatic carboxylic acids is 1. The Morgan fingerprint density at radius 2 is 2.18 bits per heavy atom. The second kappa shape index (κ2) is 6.33. The average molecular weight is 328 g/mol. The van der Waals surface area contributed by atoms with Gasteiger partial charge in [0.05, 0.1) is 12.2 Å². The molecule has 1 aliphatic heterocycles. The van der Waals surface area contributed by atoms with Gasteiger partial charge in [0.2, 0.25) is 0 Å². The number of carboxylic acids is 1. The molecule has 8 heteroatoms. The van der Waals surface area contributed by atoms with Crippen molar-refractivity contribution in [2.45, 2.75) is 25.5 Å². The Bertz CT molecular complexity index is 644. The van der Waals surface area contributed by atoms with Gasteiger partial charge in [0.25, 0.3) is 5.91 Å². The molecule has 2 unspecified atom stereocenters. The number of aliphatic hydroxyl groups excluding tert-OH is 1.